The lowest BCUT2D eigenvalue weighted by Gasteiger charge is -2.06. The van der Waals surface area contributed by atoms with Crippen LogP contribution in [0.15, 0.2) is 24.3 Å². The van der Waals surface area contributed by atoms with Gasteiger partial charge in [0.15, 0.2) is 12.0 Å². The average molecular weight is 386 g/mol. The van der Waals surface area contributed by atoms with Crippen molar-refractivity contribution in [2.45, 2.75) is 6.92 Å². The van der Waals surface area contributed by atoms with E-state index in [1.807, 2.05) is 0 Å². The first-order chi connectivity index (χ1) is 14.7. The summed E-state index contributed by atoms with van der Waals surface area (Å²) >= 11 is 0. The minimum atomic E-state index is -0.221. The molecule has 5 nitrogen and oxygen atoms in total. The summed E-state index contributed by atoms with van der Waals surface area (Å²) in [6.07, 6.45) is 7.86. The molecule has 0 fully saturated rings. The summed E-state index contributed by atoms with van der Waals surface area (Å²) in [7, 11) is 0. The minimum Gasteiger partial charge on any atom is -0.493 e. The number of carbonyl (C=O) groups is 1. The van der Waals surface area contributed by atoms with Crippen LogP contribution < -0.4 is 4.74 Å². The van der Waals surface area contributed by atoms with Crippen LogP contribution in [-0.2, 0) is 0 Å². The Kier molecular flexibility index (Phi) is 7.92. The smallest absolute Gasteiger partial charge is 0.227 e. The van der Waals surface area contributed by atoms with Gasteiger partial charge in [-0.05, 0) is 66.7 Å². The van der Waals surface area contributed by atoms with E-state index in [2.05, 4.69) is 82.1 Å². The minimum absolute atomic E-state index is 0.0198. The maximum absolute atomic E-state index is 10.9. The number of aryl methyl sites for hydroxylation is 1. The molecule has 0 aliphatic rings. The van der Waals surface area contributed by atoms with Gasteiger partial charge in [-0.2, -0.15) is 0 Å². The van der Waals surface area contributed by atoms with Gasteiger partial charge >= 0.3 is 0 Å². The van der Waals surface area contributed by atoms with E-state index in [1.54, 1.807) is 31.2 Å². The maximum atomic E-state index is 10.9. The Morgan fingerprint density at radius 3 is 1.97 bits per heavy atom. The number of aromatic hydroxyl groups is 1. The predicted molar refractivity (Wildman–Crippen MR) is 111 cm³/mol. The van der Waals surface area contributed by atoms with Crippen molar-refractivity contribution in [1.82, 2.24) is 9.55 Å². The van der Waals surface area contributed by atoms with Crippen LogP contribution in [0, 0.1) is 90.5 Å². The molecule has 0 radical (unpaired) electrons. The van der Waals surface area contributed by atoms with Gasteiger partial charge in [0.05, 0.1) is 5.69 Å². The van der Waals surface area contributed by atoms with Crippen molar-refractivity contribution in [3.05, 3.63) is 35.8 Å². The molecule has 0 atom stereocenters. The Bertz CT molecular complexity index is 1380. The fraction of sp³-hybridized carbons (Fsp3) is 0.0400. The third-order valence-corrected chi connectivity index (χ3v) is 3.17. The molecule has 0 spiro atoms. The molecule has 0 amide bonds. The van der Waals surface area contributed by atoms with Crippen LogP contribution >= 0.6 is 0 Å². The van der Waals surface area contributed by atoms with Crippen molar-refractivity contribution >= 4 is 6.29 Å². The molecule has 1 heterocycles. The highest BCUT2D eigenvalue weighted by Gasteiger charge is 2.14. The number of hydrogen-bond donors (Lipinski definition) is 1. The van der Waals surface area contributed by atoms with Gasteiger partial charge < -0.3 is 9.84 Å². The number of ether oxygens (including phenoxy) is 1. The van der Waals surface area contributed by atoms with Gasteiger partial charge in [0.25, 0.3) is 0 Å². The summed E-state index contributed by atoms with van der Waals surface area (Å²) in [5.74, 6) is 29.9. The second-order valence-corrected chi connectivity index (χ2v) is 5.04. The van der Waals surface area contributed by atoms with E-state index in [1.165, 1.54) is 4.57 Å². The molecule has 0 saturated carbocycles. The first-order valence-electron chi connectivity index (χ1n) is 8.13. The second kappa shape index (κ2) is 11.4. The van der Waals surface area contributed by atoms with E-state index >= 15 is 0 Å². The number of nitrogens with zero attached hydrogens (tertiary/aromatic N) is 2. The first kappa shape index (κ1) is 20.9. The van der Waals surface area contributed by atoms with Crippen LogP contribution in [0.2, 0.25) is 0 Å². The molecule has 1 aromatic heterocycles. The summed E-state index contributed by atoms with van der Waals surface area (Å²) in [5, 5.41) is 10.0. The number of aldehydes is 1. The molecule has 2 rings (SSSR count). The number of carbonyl (C=O) groups excluding carboxylic acids is 1. The van der Waals surface area contributed by atoms with E-state index in [4.69, 9.17) is 11.2 Å². The topological polar surface area (TPSA) is 64.4 Å². The molecule has 5 heteroatoms. The van der Waals surface area contributed by atoms with Gasteiger partial charge in [0.2, 0.25) is 5.88 Å². The summed E-state index contributed by atoms with van der Waals surface area (Å²) < 4.78 is 6.69. The zero-order valence-corrected chi connectivity index (χ0v) is 15.6. The SMILES string of the molecule is C#CC#CC#CC#CC#CC#CC#COc1ccc(-n2c(C)nc(C=O)c2O)cc1. The molecule has 0 aliphatic carbocycles. The lowest BCUT2D eigenvalue weighted by molar-refractivity contribution is 0.111. The van der Waals surface area contributed by atoms with Gasteiger partial charge in [-0.3, -0.25) is 9.36 Å². The number of rotatable bonds is 3. The van der Waals surface area contributed by atoms with Crippen LogP contribution in [0.1, 0.15) is 16.3 Å². The molecule has 0 aliphatic heterocycles. The highest BCUT2D eigenvalue weighted by atomic mass is 16.5. The number of imidazole rings is 1. The van der Waals surface area contributed by atoms with Gasteiger partial charge in [-0.15, -0.1) is 6.42 Å². The van der Waals surface area contributed by atoms with Gasteiger partial charge in [0.1, 0.15) is 17.7 Å². The van der Waals surface area contributed by atoms with E-state index < -0.39 is 0 Å². The summed E-state index contributed by atoms with van der Waals surface area (Å²) in [4.78, 5) is 14.9. The summed E-state index contributed by atoms with van der Waals surface area (Å²) in [6.45, 7) is 1.68. The molecule has 30 heavy (non-hydrogen) atoms. The molecular formula is C25H10N2O3. The van der Waals surface area contributed by atoms with Crippen LogP contribution in [0.5, 0.6) is 11.6 Å². The van der Waals surface area contributed by atoms with Crippen molar-refractivity contribution in [3.63, 3.8) is 0 Å². The van der Waals surface area contributed by atoms with Crippen LogP contribution in [0.4, 0.5) is 0 Å². The molecule has 1 aromatic carbocycles. The second-order valence-electron chi connectivity index (χ2n) is 5.04. The van der Waals surface area contributed by atoms with E-state index in [-0.39, 0.29) is 11.6 Å². The fourth-order valence-electron chi connectivity index (χ4n) is 2.02. The number of aromatic nitrogens is 2. The molecule has 0 unspecified atom stereocenters. The van der Waals surface area contributed by atoms with Gasteiger partial charge in [-0.25, -0.2) is 4.98 Å². The number of benzene rings is 1. The zero-order valence-electron chi connectivity index (χ0n) is 15.6. The van der Waals surface area contributed by atoms with Crippen molar-refractivity contribution < 1.29 is 14.6 Å². The Labute approximate surface area is 174 Å². The van der Waals surface area contributed by atoms with Crippen molar-refractivity contribution in [3.8, 4) is 101 Å². The van der Waals surface area contributed by atoms with Crippen LogP contribution in [-0.4, -0.2) is 20.9 Å². The summed E-state index contributed by atoms with van der Waals surface area (Å²) in [6, 6.07) is 6.69. The number of hydrogen-bond acceptors (Lipinski definition) is 4. The van der Waals surface area contributed by atoms with E-state index in [0.717, 1.165) is 0 Å². The third-order valence-electron chi connectivity index (χ3n) is 3.17. The standard InChI is InChI=1S/C25H10N2O3/c1-3-4-5-6-7-8-9-10-11-12-13-14-19-30-23-17-15-22(16-18-23)27-21(2)26-24(20-28)25(27)29/h1,15-18,20,29H,2H3. The Balaban J connectivity index is 1.94. The largest absolute Gasteiger partial charge is 0.493 e. The molecule has 2 aromatic rings. The summed E-state index contributed by atoms with van der Waals surface area (Å²) in [5.41, 5.74) is 0.600. The molecular weight excluding hydrogens is 376 g/mol. The average Bonchev–Trinajstić information content (AvgIpc) is 3.05. The van der Waals surface area contributed by atoms with Crippen molar-refractivity contribution in [1.29, 1.82) is 0 Å². The highest BCUT2D eigenvalue weighted by Crippen LogP contribution is 2.24. The van der Waals surface area contributed by atoms with Gasteiger partial charge in [0, 0.05) is 35.5 Å². The monoisotopic (exact) mass is 386 g/mol. The Morgan fingerprint density at radius 2 is 1.47 bits per heavy atom. The van der Waals surface area contributed by atoms with E-state index in [9.17, 15) is 9.90 Å². The van der Waals surface area contributed by atoms with Crippen LogP contribution in [0.25, 0.3) is 5.69 Å². The molecule has 1 N–H and O–H groups in total. The maximum Gasteiger partial charge on any atom is 0.227 e. The Hall–Kier alpha value is -5.38. The normalized spacial score (nSPS) is 7.47. The predicted octanol–water partition coefficient (Wildman–Crippen LogP) is 1.69. The molecule has 0 saturated heterocycles. The number of terminal acetylenes is 1. The van der Waals surface area contributed by atoms with E-state index in [0.29, 0.717) is 23.5 Å². The molecule has 0 bridgehead atoms. The quantitative estimate of drug-likeness (QED) is 0.644. The van der Waals surface area contributed by atoms with Crippen LogP contribution in [0.3, 0.4) is 0 Å². The first-order valence-corrected chi connectivity index (χ1v) is 8.13. The molecule has 138 valence electrons. The van der Waals surface area contributed by atoms with Crippen molar-refractivity contribution in [2.75, 3.05) is 0 Å². The Morgan fingerprint density at radius 1 is 0.933 bits per heavy atom. The fourth-order valence-corrected chi connectivity index (χ4v) is 2.02. The zero-order chi connectivity index (χ0) is 21.6. The highest BCUT2D eigenvalue weighted by molar-refractivity contribution is 5.76. The lowest BCUT2D eigenvalue weighted by atomic mass is 10.3. The van der Waals surface area contributed by atoms with Gasteiger partial charge in [-0.1, -0.05) is 0 Å². The van der Waals surface area contributed by atoms with Crippen molar-refractivity contribution in [2.24, 2.45) is 0 Å². The lowest BCUT2D eigenvalue weighted by Crippen LogP contribution is -1.96. The third kappa shape index (κ3) is 6.10.